The third-order valence-electron chi connectivity index (χ3n) is 4.82. The second-order valence-corrected chi connectivity index (χ2v) is 6.57. The molecule has 2 aliphatic carbocycles. The van der Waals surface area contributed by atoms with E-state index in [0.29, 0.717) is 12.0 Å². The van der Waals surface area contributed by atoms with Gasteiger partial charge in [-0.15, -0.1) is 0 Å². The van der Waals surface area contributed by atoms with Crippen LogP contribution in [-0.2, 0) is 0 Å². The molecule has 2 aliphatic rings. The molecule has 4 nitrogen and oxygen atoms in total. The third kappa shape index (κ3) is 3.86. The van der Waals surface area contributed by atoms with Gasteiger partial charge in [0.1, 0.15) is 17.5 Å². The summed E-state index contributed by atoms with van der Waals surface area (Å²) in [5.74, 6) is 4.55. The lowest BCUT2D eigenvalue weighted by Gasteiger charge is -2.29. The molecule has 1 heterocycles. The van der Waals surface area contributed by atoms with Gasteiger partial charge in [-0.3, -0.25) is 0 Å². The largest absolute Gasteiger partial charge is 0.370 e. The minimum atomic E-state index is 0.587. The highest BCUT2D eigenvalue weighted by atomic mass is 15.1. The Morgan fingerprint density at radius 2 is 1.71 bits per heavy atom. The molecule has 2 saturated carbocycles. The van der Waals surface area contributed by atoms with E-state index in [-0.39, 0.29) is 0 Å². The van der Waals surface area contributed by atoms with Gasteiger partial charge in [-0.05, 0) is 51.4 Å². The fraction of sp³-hybridized carbons (Fsp3) is 0.765. The Labute approximate surface area is 128 Å². The monoisotopic (exact) mass is 288 g/mol. The van der Waals surface area contributed by atoms with Crippen molar-refractivity contribution in [2.45, 2.75) is 70.8 Å². The van der Waals surface area contributed by atoms with E-state index in [1.807, 2.05) is 0 Å². The molecule has 1 aromatic heterocycles. The summed E-state index contributed by atoms with van der Waals surface area (Å²) in [6.45, 7) is 5.33. The minimum absolute atomic E-state index is 0.587. The molecule has 0 bridgehead atoms. The first kappa shape index (κ1) is 14.6. The number of hydrogen-bond donors (Lipinski definition) is 2. The molecule has 0 saturated heterocycles. The van der Waals surface area contributed by atoms with Crippen molar-refractivity contribution in [2.24, 2.45) is 5.92 Å². The van der Waals surface area contributed by atoms with Crippen LogP contribution in [0.4, 0.5) is 11.6 Å². The molecule has 116 valence electrons. The van der Waals surface area contributed by atoms with E-state index in [9.17, 15) is 0 Å². The molecule has 0 radical (unpaired) electrons. The number of rotatable bonds is 6. The number of hydrogen-bond acceptors (Lipinski definition) is 4. The van der Waals surface area contributed by atoms with Crippen molar-refractivity contribution in [1.82, 2.24) is 9.97 Å². The second kappa shape index (κ2) is 6.63. The Morgan fingerprint density at radius 1 is 1.00 bits per heavy atom. The summed E-state index contributed by atoms with van der Waals surface area (Å²) in [4.78, 5) is 9.39. The maximum absolute atomic E-state index is 4.75. The standard InChI is InChI=1S/C17H28N4/c1-3-12-5-9-14(10-6-12)19-16-11-15(18-4-2)20-17(21-16)13-7-8-13/h11-14H,3-10H2,1-2H3,(H2,18,19,20,21). The number of nitrogens with zero attached hydrogens (tertiary/aromatic N) is 2. The lowest BCUT2D eigenvalue weighted by atomic mass is 9.84. The zero-order valence-electron chi connectivity index (χ0n) is 13.4. The highest BCUT2D eigenvalue weighted by Crippen LogP contribution is 2.39. The lowest BCUT2D eigenvalue weighted by Crippen LogP contribution is -2.26. The molecule has 0 unspecified atom stereocenters. The molecule has 2 fully saturated rings. The number of nitrogens with one attached hydrogen (secondary N) is 2. The van der Waals surface area contributed by atoms with Crippen molar-refractivity contribution < 1.29 is 0 Å². The van der Waals surface area contributed by atoms with Crippen LogP contribution in [0.15, 0.2) is 6.07 Å². The zero-order valence-corrected chi connectivity index (χ0v) is 13.4. The summed E-state index contributed by atoms with van der Waals surface area (Å²) in [5.41, 5.74) is 0. The molecule has 1 aromatic rings. The summed E-state index contributed by atoms with van der Waals surface area (Å²) in [6, 6.07) is 2.66. The van der Waals surface area contributed by atoms with Gasteiger partial charge in [0.15, 0.2) is 0 Å². The van der Waals surface area contributed by atoms with Crippen molar-refractivity contribution in [2.75, 3.05) is 17.2 Å². The minimum Gasteiger partial charge on any atom is -0.370 e. The smallest absolute Gasteiger partial charge is 0.136 e. The fourth-order valence-corrected chi connectivity index (χ4v) is 3.26. The molecule has 0 spiro atoms. The Morgan fingerprint density at radius 3 is 2.33 bits per heavy atom. The molecule has 4 heteroatoms. The van der Waals surface area contributed by atoms with Crippen LogP contribution in [0.25, 0.3) is 0 Å². The first-order valence-corrected chi connectivity index (χ1v) is 8.67. The molecule has 0 amide bonds. The summed E-state index contributed by atoms with van der Waals surface area (Å²) < 4.78 is 0. The van der Waals surface area contributed by atoms with E-state index in [1.165, 1.54) is 44.9 Å². The summed E-state index contributed by atoms with van der Waals surface area (Å²) in [5, 5.41) is 6.99. The summed E-state index contributed by atoms with van der Waals surface area (Å²) in [6.07, 6.45) is 9.09. The van der Waals surface area contributed by atoms with Crippen molar-refractivity contribution in [3.63, 3.8) is 0 Å². The average molecular weight is 288 g/mol. The number of anilines is 2. The summed E-state index contributed by atoms with van der Waals surface area (Å²) in [7, 11) is 0. The second-order valence-electron chi connectivity index (χ2n) is 6.57. The van der Waals surface area contributed by atoms with Gasteiger partial charge < -0.3 is 10.6 Å². The van der Waals surface area contributed by atoms with Crippen molar-refractivity contribution in [3.8, 4) is 0 Å². The van der Waals surface area contributed by atoms with Gasteiger partial charge in [-0.2, -0.15) is 0 Å². The Bertz CT molecular complexity index is 462. The van der Waals surface area contributed by atoms with Crippen LogP contribution in [0.1, 0.15) is 70.5 Å². The van der Waals surface area contributed by atoms with Crippen LogP contribution in [-0.4, -0.2) is 22.6 Å². The van der Waals surface area contributed by atoms with Crippen LogP contribution in [0.3, 0.4) is 0 Å². The van der Waals surface area contributed by atoms with E-state index >= 15 is 0 Å². The normalized spacial score (nSPS) is 25.6. The van der Waals surface area contributed by atoms with Crippen molar-refractivity contribution in [3.05, 3.63) is 11.9 Å². The number of aromatic nitrogens is 2. The van der Waals surface area contributed by atoms with Crippen molar-refractivity contribution in [1.29, 1.82) is 0 Å². The van der Waals surface area contributed by atoms with E-state index in [2.05, 4.69) is 35.5 Å². The Kier molecular flexibility index (Phi) is 4.61. The van der Waals surface area contributed by atoms with Gasteiger partial charge in [0.25, 0.3) is 0 Å². The van der Waals surface area contributed by atoms with Gasteiger partial charge in [0, 0.05) is 24.6 Å². The lowest BCUT2D eigenvalue weighted by molar-refractivity contribution is 0.330. The van der Waals surface area contributed by atoms with Crippen LogP contribution in [0.2, 0.25) is 0 Å². The Balaban J connectivity index is 1.66. The SMILES string of the molecule is CCNc1cc(NC2CCC(CC)CC2)nc(C2CC2)n1. The van der Waals surface area contributed by atoms with Crippen LogP contribution in [0.5, 0.6) is 0 Å². The van der Waals surface area contributed by atoms with E-state index in [4.69, 9.17) is 4.98 Å². The molecular weight excluding hydrogens is 260 g/mol. The third-order valence-corrected chi connectivity index (χ3v) is 4.82. The molecule has 0 aliphatic heterocycles. The topological polar surface area (TPSA) is 49.8 Å². The van der Waals surface area contributed by atoms with Crippen LogP contribution in [0, 0.1) is 5.92 Å². The van der Waals surface area contributed by atoms with E-state index in [1.54, 1.807) is 0 Å². The Hall–Kier alpha value is -1.32. The highest BCUT2D eigenvalue weighted by Gasteiger charge is 2.28. The zero-order chi connectivity index (χ0) is 14.7. The molecule has 0 aromatic carbocycles. The van der Waals surface area contributed by atoms with Crippen LogP contribution < -0.4 is 10.6 Å². The predicted octanol–water partition coefficient (Wildman–Crippen LogP) is 4.17. The fourth-order valence-electron chi connectivity index (χ4n) is 3.26. The first-order valence-electron chi connectivity index (χ1n) is 8.67. The molecule has 21 heavy (non-hydrogen) atoms. The molecular formula is C17H28N4. The quantitative estimate of drug-likeness (QED) is 0.825. The molecule has 3 rings (SSSR count). The summed E-state index contributed by atoms with van der Waals surface area (Å²) >= 11 is 0. The maximum Gasteiger partial charge on any atom is 0.136 e. The van der Waals surface area contributed by atoms with Gasteiger partial charge in [-0.1, -0.05) is 13.3 Å². The predicted molar refractivity (Wildman–Crippen MR) is 87.8 cm³/mol. The van der Waals surface area contributed by atoms with Gasteiger partial charge >= 0.3 is 0 Å². The average Bonchev–Trinajstić information content (AvgIpc) is 3.33. The molecule has 0 atom stereocenters. The maximum atomic E-state index is 4.75. The first-order chi connectivity index (χ1) is 10.3. The van der Waals surface area contributed by atoms with Gasteiger partial charge in [0.2, 0.25) is 0 Å². The van der Waals surface area contributed by atoms with E-state index in [0.717, 1.165) is 29.9 Å². The van der Waals surface area contributed by atoms with Gasteiger partial charge in [0.05, 0.1) is 0 Å². The molecule has 2 N–H and O–H groups in total. The van der Waals surface area contributed by atoms with Crippen molar-refractivity contribution >= 4 is 11.6 Å². The van der Waals surface area contributed by atoms with E-state index < -0.39 is 0 Å². The van der Waals surface area contributed by atoms with Gasteiger partial charge in [-0.25, -0.2) is 9.97 Å². The van der Waals surface area contributed by atoms with Crippen LogP contribution >= 0.6 is 0 Å². The highest BCUT2D eigenvalue weighted by molar-refractivity contribution is 5.48.